The van der Waals surface area contributed by atoms with Crippen molar-refractivity contribution in [1.29, 1.82) is 0 Å². The molecule has 0 aromatic heterocycles. The molecule has 1 amide bonds. The van der Waals surface area contributed by atoms with E-state index in [-0.39, 0.29) is 23.8 Å². The van der Waals surface area contributed by atoms with Gasteiger partial charge in [0.25, 0.3) is 0 Å². The van der Waals surface area contributed by atoms with Crippen molar-refractivity contribution in [3.63, 3.8) is 0 Å². The summed E-state index contributed by atoms with van der Waals surface area (Å²) in [6.07, 6.45) is 4.44. The lowest BCUT2D eigenvalue weighted by atomic mass is 9.90. The van der Waals surface area contributed by atoms with Crippen molar-refractivity contribution < 1.29 is 13.2 Å². The van der Waals surface area contributed by atoms with Crippen LogP contribution in [0.2, 0.25) is 0 Å². The highest BCUT2D eigenvalue weighted by Gasteiger charge is 2.16. The molecular weight excluding hydrogens is 336 g/mol. The van der Waals surface area contributed by atoms with Gasteiger partial charge in [0.05, 0.1) is 4.90 Å². The first-order valence-corrected chi connectivity index (χ1v) is 10.00. The van der Waals surface area contributed by atoms with E-state index in [1.54, 1.807) is 18.2 Å². The normalized spacial score (nSPS) is 13.9. The highest BCUT2D eigenvalue weighted by molar-refractivity contribution is 7.89. The average molecular weight is 358 g/mol. The first-order valence-electron chi connectivity index (χ1n) is 8.51. The molecule has 0 aliphatic heterocycles. The van der Waals surface area contributed by atoms with Crippen molar-refractivity contribution >= 4 is 21.6 Å². The van der Waals surface area contributed by atoms with Crippen molar-refractivity contribution in [1.82, 2.24) is 4.72 Å². The molecule has 25 heavy (non-hydrogen) atoms. The van der Waals surface area contributed by atoms with E-state index in [2.05, 4.69) is 16.1 Å². The quantitative estimate of drug-likeness (QED) is 0.834. The Morgan fingerprint density at radius 2 is 1.72 bits per heavy atom. The summed E-state index contributed by atoms with van der Waals surface area (Å²) in [6, 6.07) is 14.1. The van der Waals surface area contributed by atoms with E-state index < -0.39 is 10.0 Å². The van der Waals surface area contributed by atoms with Crippen LogP contribution in [0.1, 0.15) is 30.4 Å². The molecule has 0 fully saturated rings. The number of nitrogens with one attached hydrogen (secondary N) is 2. The summed E-state index contributed by atoms with van der Waals surface area (Å²) in [5.41, 5.74) is 3.37. The summed E-state index contributed by atoms with van der Waals surface area (Å²) in [5.74, 6) is -0.185. The Kier molecular flexibility index (Phi) is 5.50. The van der Waals surface area contributed by atoms with Gasteiger partial charge in [-0.1, -0.05) is 30.3 Å². The third-order valence-electron chi connectivity index (χ3n) is 4.37. The van der Waals surface area contributed by atoms with E-state index >= 15 is 0 Å². The van der Waals surface area contributed by atoms with Crippen LogP contribution >= 0.6 is 0 Å². The molecule has 0 heterocycles. The van der Waals surface area contributed by atoms with Gasteiger partial charge < -0.3 is 5.32 Å². The SMILES string of the molecule is O=C(CCNS(=O)(=O)c1ccccc1)Nc1cccc2c1CCCC2. The smallest absolute Gasteiger partial charge is 0.240 e. The summed E-state index contributed by atoms with van der Waals surface area (Å²) in [6.45, 7) is 0.0675. The molecule has 0 spiro atoms. The van der Waals surface area contributed by atoms with Crippen LogP contribution in [0.4, 0.5) is 5.69 Å². The largest absolute Gasteiger partial charge is 0.326 e. The number of carbonyl (C=O) groups is 1. The zero-order chi connectivity index (χ0) is 17.7. The van der Waals surface area contributed by atoms with E-state index in [9.17, 15) is 13.2 Å². The molecule has 132 valence electrons. The molecule has 1 aliphatic rings. The fourth-order valence-electron chi connectivity index (χ4n) is 3.09. The Morgan fingerprint density at radius 3 is 2.52 bits per heavy atom. The predicted octanol–water partition coefficient (Wildman–Crippen LogP) is 2.87. The van der Waals surface area contributed by atoms with Gasteiger partial charge in [-0.25, -0.2) is 13.1 Å². The number of amides is 1. The van der Waals surface area contributed by atoms with Crippen LogP contribution in [-0.4, -0.2) is 20.9 Å². The maximum Gasteiger partial charge on any atom is 0.240 e. The highest BCUT2D eigenvalue weighted by atomic mass is 32.2. The van der Waals surface area contributed by atoms with Gasteiger partial charge in [-0.2, -0.15) is 0 Å². The second kappa shape index (κ2) is 7.80. The molecule has 0 unspecified atom stereocenters. The van der Waals surface area contributed by atoms with Gasteiger partial charge in [-0.15, -0.1) is 0 Å². The van der Waals surface area contributed by atoms with Crippen molar-refractivity contribution in [2.45, 2.75) is 37.0 Å². The van der Waals surface area contributed by atoms with Crippen LogP contribution in [0.15, 0.2) is 53.4 Å². The number of carbonyl (C=O) groups excluding carboxylic acids is 1. The molecule has 1 aliphatic carbocycles. The summed E-state index contributed by atoms with van der Waals surface area (Å²) in [5, 5.41) is 2.92. The number of sulfonamides is 1. The van der Waals surface area contributed by atoms with Crippen molar-refractivity contribution in [2.75, 3.05) is 11.9 Å². The minimum Gasteiger partial charge on any atom is -0.326 e. The molecule has 2 aromatic rings. The second-order valence-electron chi connectivity index (χ2n) is 6.16. The number of fused-ring (bicyclic) bond motifs is 1. The zero-order valence-corrected chi connectivity index (χ0v) is 14.8. The van der Waals surface area contributed by atoms with Gasteiger partial charge in [-0.3, -0.25) is 4.79 Å². The van der Waals surface area contributed by atoms with Crippen LogP contribution in [0.25, 0.3) is 0 Å². The van der Waals surface area contributed by atoms with Crippen LogP contribution in [0.5, 0.6) is 0 Å². The van der Waals surface area contributed by atoms with Crippen molar-refractivity contribution in [3.05, 3.63) is 59.7 Å². The Labute approximate surface area is 148 Å². The van der Waals surface area contributed by atoms with E-state index in [0.29, 0.717) is 0 Å². The number of rotatable bonds is 6. The second-order valence-corrected chi connectivity index (χ2v) is 7.93. The van der Waals surface area contributed by atoms with Gasteiger partial charge in [0.15, 0.2) is 0 Å². The van der Waals surface area contributed by atoms with Crippen LogP contribution in [0.3, 0.4) is 0 Å². The van der Waals surface area contributed by atoms with E-state index in [4.69, 9.17) is 0 Å². The summed E-state index contributed by atoms with van der Waals surface area (Å²) in [4.78, 5) is 12.4. The lowest BCUT2D eigenvalue weighted by molar-refractivity contribution is -0.116. The molecular formula is C19H22N2O3S. The average Bonchev–Trinajstić information content (AvgIpc) is 2.63. The van der Waals surface area contributed by atoms with E-state index in [0.717, 1.165) is 24.9 Å². The first-order chi connectivity index (χ1) is 12.1. The fraction of sp³-hybridized carbons (Fsp3) is 0.316. The zero-order valence-electron chi connectivity index (χ0n) is 14.0. The number of anilines is 1. The van der Waals surface area contributed by atoms with Gasteiger partial charge in [0.1, 0.15) is 0 Å². The number of hydrogen-bond acceptors (Lipinski definition) is 3. The number of hydrogen-bond donors (Lipinski definition) is 2. The molecule has 0 saturated carbocycles. The summed E-state index contributed by atoms with van der Waals surface area (Å²) >= 11 is 0. The number of aryl methyl sites for hydroxylation is 1. The van der Waals surface area contributed by atoms with E-state index in [1.807, 2.05) is 12.1 Å². The molecule has 0 atom stereocenters. The molecule has 3 rings (SSSR count). The van der Waals surface area contributed by atoms with Crippen LogP contribution in [-0.2, 0) is 27.7 Å². The lowest BCUT2D eigenvalue weighted by Gasteiger charge is -2.19. The molecule has 2 N–H and O–H groups in total. The van der Waals surface area contributed by atoms with Crippen molar-refractivity contribution in [3.8, 4) is 0 Å². The van der Waals surface area contributed by atoms with Crippen LogP contribution in [0, 0.1) is 0 Å². The maximum atomic E-state index is 12.2. The molecule has 5 nitrogen and oxygen atoms in total. The summed E-state index contributed by atoms with van der Waals surface area (Å²) in [7, 11) is -3.57. The molecule has 0 radical (unpaired) electrons. The first kappa shape index (κ1) is 17.6. The molecule has 0 bridgehead atoms. The molecule has 6 heteroatoms. The third-order valence-corrected chi connectivity index (χ3v) is 5.84. The predicted molar refractivity (Wildman–Crippen MR) is 98.0 cm³/mol. The Balaban J connectivity index is 1.56. The monoisotopic (exact) mass is 358 g/mol. The molecule has 0 saturated heterocycles. The Hall–Kier alpha value is -2.18. The minimum atomic E-state index is -3.57. The molecule has 2 aromatic carbocycles. The topological polar surface area (TPSA) is 75.3 Å². The standard InChI is InChI=1S/C19H22N2O3S/c22-19(13-14-20-25(23,24)16-9-2-1-3-10-16)21-18-12-6-8-15-7-4-5-11-17(15)18/h1-3,6,8-10,12,20H,4-5,7,11,13-14H2,(H,21,22). The van der Waals surface area contributed by atoms with Crippen LogP contribution < -0.4 is 10.0 Å². The van der Waals surface area contributed by atoms with Gasteiger partial charge >= 0.3 is 0 Å². The Morgan fingerprint density at radius 1 is 0.960 bits per heavy atom. The van der Waals surface area contributed by atoms with E-state index in [1.165, 1.54) is 29.7 Å². The maximum absolute atomic E-state index is 12.2. The lowest BCUT2D eigenvalue weighted by Crippen LogP contribution is -2.28. The van der Waals surface area contributed by atoms with Gasteiger partial charge in [0, 0.05) is 18.7 Å². The highest BCUT2D eigenvalue weighted by Crippen LogP contribution is 2.27. The number of benzene rings is 2. The minimum absolute atomic E-state index is 0.0675. The van der Waals surface area contributed by atoms with Crippen molar-refractivity contribution in [2.24, 2.45) is 0 Å². The fourth-order valence-corrected chi connectivity index (χ4v) is 4.15. The van der Waals surface area contributed by atoms with Gasteiger partial charge in [0.2, 0.25) is 15.9 Å². The summed E-state index contributed by atoms with van der Waals surface area (Å²) < 4.78 is 26.7. The van der Waals surface area contributed by atoms with Gasteiger partial charge in [-0.05, 0) is 55.0 Å². The Bertz CT molecular complexity index is 848. The third kappa shape index (κ3) is 4.46.